The molecule has 0 fully saturated rings. The van der Waals surface area contributed by atoms with E-state index in [1.807, 2.05) is 13.8 Å². The van der Waals surface area contributed by atoms with Crippen molar-refractivity contribution in [1.82, 2.24) is 10.2 Å². The van der Waals surface area contributed by atoms with Gasteiger partial charge in [0.15, 0.2) is 0 Å². The van der Waals surface area contributed by atoms with Gasteiger partial charge in [-0.3, -0.25) is 14.4 Å². The van der Waals surface area contributed by atoms with E-state index in [2.05, 4.69) is 19.2 Å². The third-order valence-electron chi connectivity index (χ3n) is 4.31. The fourth-order valence-corrected chi connectivity index (χ4v) is 2.65. The maximum atomic E-state index is 12.9. The van der Waals surface area contributed by atoms with E-state index in [1.165, 1.54) is 0 Å². The number of amides is 2. The molecule has 0 aliphatic rings. The van der Waals surface area contributed by atoms with Gasteiger partial charge in [-0.2, -0.15) is 0 Å². The van der Waals surface area contributed by atoms with Gasteiger partial charge in [-0.25, -0.2) is 0 Å². The van der Waals surface area contributed by atoms with Gasteiger partial charge in [0.1, 0.15) is 6.04 Å². The number of carbonyl (C=O) groups excluding carboxylic acids is 2. The van der Waals surface area contributed by atoms with Crippen LogP contribution in [-0.2, 0) is 14.4 Å². The highest BCUT2D eigenvalue weighted by Crippen LogP contribution is 2.10. The van der Waals surface area contributed by atoms with Crippen LogP contribution in [0.2, 0.25) is 0 Å². The highest BCUT2D eigenvalue weighted by Gasteiger charge is 2.27. The first kappa shape index (κ1) is 23.4. The molecule has 0 saturated carbocycles. The van der Waals surface area contributed by atoms with Gasteiger partial charge in [0, 0.05) is 25.4 Å². The Hall–Kier alpha value is -1.59. The summed E-state index contributed by atoms with van der Waals surface area (Å²) in [4.78, 5) is 37.9. The maximum absolute atomic E-state index is 12.9. The molecule has 1 unspecified atom stereocenters. The zero-order valence-electron chi connectivity index (χ0n) is 16.3. The number of aliphatic carboxylic acids is 1. The second-order valence-electron chi connectivity index (χ2n) is 6.72. The molecule has 0 saturated heterocycles. The molecule has 0 rings (SSSR count). The number of nitrogens with one attached hydrogen (secondary N) is 1. The number of unbranched alkanes of at least 4 members (excludes halogenated alkanes) is 2. The lowest BCUT2D eigenvalue weighted by Gasteiger charge is -2.28. The molecule has 2 atom stereocenters. The smallest absolute Gasteiger partial charge is 0.303 e. The van der Waals surface area contributed by atoms with Crippen LogP contribution in [0.25, 0.3) is 0 Å². The number of carbonyl (C=O) groups is 3. The van der Waals surface area contributed by atoms with Crippen molar-refractivity contribution in [3.63, 3.8) is 0 Å². The zero-order valence-corrected chi connectivity index (χ0v) is 16.3. The van der Waals surface area contributed by atoms with Crippen molar-refractivity contribution in [2.45, 2.75) is 85.1 Å². The van der Waals surface area contributed by atoms with E-state index >= 15 is 0 Å². The van der Waals surface area contributed by atoms with Crippen LogP contribution in [0.1, 0.15) is 79.1 Å². The number of rotatable bonds is 14. The molecule has 0 aromatic carbocycles. The largest absolute Gasteiger partial charge is 0.481 e. The van der Waals surface area contributed by atoms with Gasteiger partial charge in [0.2, 0.25) is 11.8 Å². The lowest BCUT2D eigenvalue weighted by Crippen LogP contribution is -2.50. The third-order valence-corrected chi connectivity index (χ3v) is 4.31. The Balaban J connectivity index is 5.07. The molecule has 0 radical (unpaired) electrons. The van der Waals surface area contributed by atoms with Gasteiger partial charge in [0.05, 0.1) is 0 Å². The van der Waals surface area contributed by atoms with E-state index in [0.29, 0.717) is 13.1 Å². The van der Waals surface area contributed by atoms with E-state index < -0.39 is 12.0 Å². The van der Waals surface area contributed by atoms with Crippen LogP contribution < -0.4 is 5.32 Å². The summed E-state index contributed by atoms with van der Waals surface area (Å²) in [5.74, 6) is -1.45. The van der Waals surface area contributed by atoms with Crippen LogP contribution in [0.3, 0.4) is 0 Å². The topological polar surface area (TPSA) is 86.7 Å². The predicted molar refractivity (Wildman–Crippen MR) is 99.3 cm³/mol. The van der Waals surface area contributed by atoms with Gasteiger partial charge >= 0.3 is 5.97 Å². The van der Waals surface area contributed by atoms with Crippen molar-refractivity contribution in [3.8, 4) is 0 Å². The first-order valence-electron chi connectivity index (χ1n) is 9.68. The fourth-order valence-electron chi connectivity index (χ4n) is 2.65. The minimum atomic E-state index is -0.956. The Labute approximate surface area is 152 Å². The van der Waals surface area contributed by atoms with Crippen LogP contribution in [-0.4, -0.2) is 46.9 Å². The van der Waals surface area contributed by atoms with Crippen molar-refractivity contribution < 1.29 is 19.5 Å². The lowest BCUT2D eigenvalue weighted by molar-refractivity contribution is -0.140. The minimum absolute atomic E-state index is 0.131. The van der Waals surface area contributed by atoms with Crippen molar-refractivity contribution in [2.75, 3.05) is 13.1 Å². The summed E-state index contributed by atoms with van der Waals surface area (Å²) in [6.45, 7) is 9.29. The average molecular weight is 357 g/mol. The summed E-state index contributed by atoms with van der Waals surface area (Å²) in [5, 5.41) is 11.8. The van der Waals surface area contributed by atoms with Crippen molar-refractivity contribution in [2.24, 2.45) is 5.92 Å². The normalized spacial score (nSPS) is 13.1. The Kier molecular flexibility index (Phi) is 12.8. The monoisotopic (exact) mass is 356 g/mol. The molecule has 0 aromatic heterocycles. The Morgan fingerprint density at radius 1 is 0.960 bits per heavy atom. The summed E-state index contributed by atoms with van der Waals surface area (Å²) >= 11 is 0. The highest BCUT2D eigenvalue weighted by molar-refractivity contribution is 5.88. The Morgan fingerprint density at radius 2 is 1.52 bits per heavy atom. The van der Waals surface area contributed by atoms with E-state index in [0.717, 1.165) is 38.5 Å². The van der Waals surface area contributed by atoms with E-state index in [4.69, 9.17) is 5.11 Å². The Bertz CT molecular complexity index is 404. The van der Waals surface area contributed by atoms with Gasteiger partial charge < -0.3 is 15.3 Å². The molecule has 0 heterocycles. The molecule has 2 amide bonds. The summed E-state index contributed by atoms with van der Waals surface area (Å²) in [5.41, 5.74) is 0. The van der Waals surface area contributed by atoms with Gasteiger partial charge in [-0.15, -0.1) is 0 Å². The predicted octanol–water partition coefficient (Wildman–Crippen LogP) is 3.20. The Morgan fingerprint density at radius 3 is 1.96 bits per heavy atom. The fraction of sp³-hybridized carbons (Fsp3) is 0.842. The number of nitrogens with zero attached hydrogens (tertiary/aromatic N) is 1. The standard InChI is InChI=1S/C19H36N2O4/c1-5-8-13-21(14-9-6-2)19(25)16(11-12-17(22)23)20-18(24)15(4)10-7-3/h15-16H,5-14H2,1-4H3,(H,20,24)(H,22,23)/t15?,16-/m0/s1. The summed E-state index contributed by atoms with van der Waals surface area (Å²) < 4.78 is 0. The molecule has 0 spiro atoms. The second-order valence-corrected chi connectivity index (χ2v) is 6.72. The minimum Gasteiger partial charge on any atom is -0.481 e. The van der Waals surface area contributed by atoms with Crippen LogP contribution in [0.15, 0.2) is 0 Å². The van der Waals surface area contributed by atoms with Crippen molar-refractivity contribution >= 4 is 17.8 Å². The number of hydrogen-bond acceptors (Lipinski definition) is 3. The molecule has 0 bridgehead atoms. The third kappa shape index (κ3) is 10.1. The van der Waals surface area contributed by atoms with Crippen LogP contribution in [0.4, 0.5) is 0 Å². The molecule has 0 aliphatic heterocycles. The molecular weight excluding hydrogens is 320 g/mol. The van der Waals surface area contributed by atoms with E-state index in [9.17, 15) is 14.4 Å². The van der Waals surface area contributed by atoms with Gasteiger partial charge in [-0.1, -0.05) is 47.0 Å². The summed E-state index contributed by atoms with van der Waals surface area (Å²) in [6.07, 6.45) is 5.41. The molecule has 0 aliphatic carbocycles. The van der Waals surface area contributed by atoms with E-state index in [1.54, 1.807) is 4.90 Å². The quantitative estimate of drug-likeness (QED) is 0.500. The average Bonchev–Trinajstić information content (AvgIpc) is 2.58. The van der Waals surface area contributed by atoms with Crippen molar-refractivity contribution in [1.29, 1.82) is 0 Å². The molecule has 2 N–H and O–H groups in total. The molecule has 0 aromatic rings. The molecule has 6 nitrogen and oxygen atoms in total. The highest BCUT2D eigenvalue weighted by atomic mass is 16.4. The van der Waals surface area contributed by atoms with Crippen LogP contribution in [0, 0.1) is 5.92 Å². The van der Waals surface area contributed by atoms with Crippen LogP contribution >= 0.6 is 0 Å². The van der Waals surface area contributed by atoms with Crippen molar-refractivity contribution in [3.05, 3.63) is 0 Å². The lowest BCUT2D eigenvalue weighted by atomic mass is 10.0. The number of carboxylic acid groups (broad SMARTS) is 1. The summed E-state index contributed by atoms with van der Waals surface area (Å²) in [6, 6.07) is -0.753. The van der Waals surface area contributed by atoms with Gasteiger partial charge in [-0.05, 0) is 25.7 Å². The second kappa shape index (κ2) is 13.7. The SMILES string of the molecule is CCCCN(CCCC)C(=O)[C@H](CCC(=O)O)NC(=O)C(C)CCC. The van der Waals surface area contributed by atoms with Gasteiger partial charge in [0.25, 0.3) is 0 Å². The van der Waals surface area contributed by atoms with E-state index in [-0.39, 0.29) is 30.6 Å². The molecule has 25 heavy (non-hydrogen) atoms. The maximum Gasteiger partial charge on any atom is 0.303 e. The molecule has 6 heteroatoms. The van der Waals surface area contributed by atoms with Crippen LogP contribution in [0.5, 0.6) is 0 Å². The zero-order chi connectivity index (χ0) is 19.2. The molecular formula is C19H36N2O4. The number of hydrogen-bond donors (Lipinski definition) is 2. The summed E-state index contributed by atoms with van der Waals surface area (Å²) in [7, 11) is 0. The first-order valence-corrected chi connectivity index (χ1v) is 9.68. The first-order chi connectivity index (χ1) is 11.9. The molecule has 146 valence electrons. The number of carboxylic acids is 1.